The van der Waals surface area contributed by atoms with Crippen molar-refractivity contribution >= 4 is 21.4 Å². The number of hydrogen-bond donors (Lipinski definition) is 2. The van der Waals surface area contributed by atoms with Crippen LogP contribution >= 0.6 is 11.3 Å². The summed E-state index contributed by atoms with van der Waals surface area (Å²) in [5.41, 5.74) is 6.54. The molecule has 1 atom stereocenters. The summed E-state index contributed by atoms with van der Waals surface area (Å²) in [7, 11) is -3.28. The second-order valence-electron chi connectivity index (χ2n) is 3.86. The average molecular weight is 262 g/mol. The summed E-state index contributed by atoms with van der Waals surface area (Å²) in [6, 6.07) is 2.01. The standard InChI is InChI=1S/C10H18N2O2S2/c1-7-4-10(15-9(7)3)6-12-16(13,14)8(2)5-11/h4,8,12H,5-6,11H2,1-3H3. The molecule has 3 N–H and O–H groups in total. The molecule has 0 bridgehead atoms. The van der Waals surface area contributed by atoms with Crippen molar-refractivity contribution in [3.8, 4) is 0 Å². The highest BCUT2D eigenvalue weighted by Crippen LogP contribution is 2.20. The smallest absolute Gasteiger partial charge is 0.215 e. The Hall–Kier alpha value is -0.430. The lowest BCUT2D eigenvalue weighted by Crippen LogP contribution is -2.36. The van der Waals surface area contributed by atoms with Gasteiger partial charge in [-0.3, -0.25) is 0 Å². The molecule has 1 aromatic rings. The van der Waals surface area contributed by atoms with Gasteiger partial charge in [0.15, 0.2) is 0 Å². The zero-order chi connectivity index (χ0) is 12.3. The third-order valence-corrected chi connectivity index (χ3v) is 5.48. The molecule has 0 aromatic carbocycles. The van der Waals surface area contributed by atoms with E-state index in [-0.39, 0.29) is 6.54 Å². The lowest BCUT2D eigenvalue weighted by atomic mass is 10.3. The minimum absolute atomic E-state index is 0.137. The molecule has 0 fully saturated rings. The van der Waals surface area contributed by atoms with Gasteiger partial charge in [0.25, 0.3) is 0 Å². The molecule has 0 radical (unpaired) electrons. The molecular weight excluding hydrogens is 244 g/mol. The Bertz CT molecular complexity index is 432. The van der Waals surface area contributed by atoms with E-state index >= 15 is 0 Å². The van der Waals surface area contributed by atoms with Crippen LogP contribution in [0.3, 0.4) is 0 Å². The van der Waals surface area contributed by atoms with E-state index in [2.05, 4.69) is 4.72 Å². The van der Waals surface area contributed by atoms with Gasteiger partial charge in [0.1, 0.15) is 0 Å². The maximum Gasteiger partial charge on any atom is 0.215 e. The van der Waals surface area contributed by atoms with Crippen molar-refractivity contribution in [1.29, 1.82) is 0 Å². The van der Waals surface area contributed by atoms with Gasteiger partial charge in [-0.05, 0) is 32.4 Å². The van der Waals surface area contributed by atoms with E-state index in [0.29, 0.717) is 6.54 Å². The molecule has 16 heavy (non-hydrogen) atoms. The highest BCUT2D eigenvalue weighted by atomic mass is 32.2. The summed E-state index contributed by atoms with van der Waals surface area (Å²) in [4.78, 5) is 2.25. The molecule has 1 unspecified atom stereocenters. The first-order chi connectivity index (χ1) is 7.36. The zero-order valence-corrected chi connectivity index (χ0v) is 11.4. The number of sulfonamides is 1. The number of thiophene rings is 1. The maximum absolute atomic E-state index is 11.6. The van der Waals surface area contributed by atoms with Crippen LogP contribution in [0.15, 0.2) is 6.07 Å². The molecule has 0 aliphatic rings. The Balaban J connectivity index is 2.65. The Labute approximate surface area is 101 Å². The van der Waals surface area contributed by atoms with Crippen LogP contribution in [0.1, 0.15) is 22.2 Å². The van der Waals surface area contributed by atoms with Gasteiger partial charge < -0.3 is 5.73 Å². The molecule has 4 nitrogen and oxygen atoms in total. The van der Waals surface area contributed by atoms with E-state index < -0.39 is 15.3 Å². The fourth-order valence-electron chi connectivity index (χ4n) is 1.18. The summed E-state index contributed by atoms with van der Waals surface area (Å²) in [6.45, 7) is 6.14. The van der Waals surface area contributed by atoms with Crippen LogP contribution in [0, 0.1) is 13.8 Å². The van der Waals surface area contributed by atoms with Gasteiger partial charge in [-0.25, -0.2) is 13.1 Å². The first-order valence-electron chi connectivity index (χ1n) is 5.11. The molecule has 0 saturated heterocycles. The van der Waals surface area contributed by atoms with Crippen molar-refractivity contribution in [3.63, 3.8) is 0 Å². The molecule has 1 heterocycles. The SMILES string of the molecule is Cc1cc(CNS(=O)(=O)C(C)CN)sc1C. The summed E-state index contributed by atoms with van der Waals surface area (Å²) >= 11 is 1.62. The van der Waals surface area contributed by atoms with E-state index in [0.717, 1.165) is 4.88 Å². The quantitative estimate of drug-likeness (QED) is 0.835. The van der Waals surface area contributed by atoms with Gasteiger partial charge >= 0.3 is 0 Å². The topological polar surface area (TPSA) is 72.2 Å². The van der Waals surface area contributed by atoms with Gasteiger partial charge in [-0.2, -0.15) is 0 Å². The summed E-state index contributed by atoms with van der Waals surface area (Å²) in [5.74, 6) is 0. The zero-order valence-electron chi connectivity index (χ0n) is 9.78. The summed E-state index contributed by atoms with van der Waals surface area (Å²) in [5, 5.41) is -0.547. The number of hydrogen-bond acceptors (Lipinski definition) is 4. The Morgan fingerprint density at radius 2 is 2.12 bits per heavy atom. The van der Waals surface area contributed by atoms with Crippen LogP contribution in [0.5, 0.6) is 0 Å². The van der Waals surface area contributed by atoms with Crippen molar-refractivity contribution in [2.24, 2.45) is 5.73 Å². The second kappa shape index (κ2) is 5.27. The van der Waals surface area contributed by atoms with Crippen LogP contribution < -0.4 is 10.5 Å². The lowest BCUT2D eigenvalue weighted by Gasteiger charge is -2.10. The van der Waals surface area contributed by atoms with Crippen LogP contribution in [0.4, 0.5) is 0 Å². The molecule has 92 valence electrons. The number of aryl methyl sites for hydroxylation is 2. The Kier molecular flexibility index (Phi) is 4.49. The average Bonchev–Trinajstić information content (AvgIpc) is 2.54. The largest absolute Gasteiger partial charge is 0.329 e. The predicted molar refractivity (Wildman–Crippen MR) is 68.1 cm³/mol. The highest BCUT2D eigenvalue weighted by Gasteiger charge is 2.18. The fraction of sp³-hybridized carbons (Fsp3) is 0.600. The van der Waals surface area contributed by atoms with Crippen molar-refractivity contribution < 1.29 is 8.42 Å². The Morgan fingerprint density at radius 1 is 1.50 bits per heavy atom. The van der Waals surface area contributed by atoms with Crippen LogP contribution in [0.2, 0.25) is 0 Å². The first-order valence-corrected chi connectivity index (χ1v) is 7.47. The van der Waals surface area contributed by atoms with Gasteiger partial charge in [-0.15, -0.1) is 11.3 Å². The summed E-state index contributed by atoms with van der Waals surface area (Å²) < 4.78 is 25.8. The Morgan fingerprint density at radius 3 is 2.56 bits per heavy atom. The van der Waals surface area contributed by atoms with Crippen LogP contribution in [-0.2, 0) is 16.6 Å². The third-order valence-electron chi connectivity index (χ3n) is 2.53. The van der Waals surface area contributed by atoms with Crippen molar-refractivity contribution in [1.82, 2.24) is 4.72 Å². The molecule has 0 amide bonds. The van der Waals surface area contributed by atoms with Crippen molar-refractivity contribution in [2.45, 2.75) is 32.6 Å². The third kappa shape index (κ3) is 3.28. The normalized spacial score (nSPS) is 14.0. The molecule has 0 spiro atoms. The number of nitrogens with one attached hydrogen (secondary N) is 1. The van der Waals surface area contributed by atoms with Gasteiger partial charge in [-0.1, -0.05) is 0 Å². The van der Waals surface area contributed by atoms with Crippen LogP contribution in [-0.4, -0.2) is 20.2 Å². The number of nitrogens with two attached hydrogens (primary N) is 1. The maximum atomic E-state index is 11.6. The van der Waals surface area contributed by atoms with E-state index in [9.17, 15) is 8.42 Å². The van der Waals surface area contributed by atoms with E-state index in [1.54, 1.807) is 18.3 Å². The van der Waals surface area contributed by atoms with Gasteiger partial charge in [0.2, 0.25) is 10.0 Å². The molecule has 1 rings (SSSR count). The minimum Gasteiger partial charge on any atom is -0.329 e. The monoisotopic (exact) mass is 262 g/mol. The summed E-state index contributed by atoms with van der Waals surface area (Å²) in [6.07, 6.45) is 0. The highest BCUT2D eigenvalue weighted by molar-refractivity contribution is 7.90. The minimum atomic E-state index is -3.28. The van der Waals surface area contributed by atoms with Crippen LogP contribution in [0.25, 0.3) is 0 Å². The number of rotatable bonds is 5. The molecular formula is C10H18N2O2S2. The predicted octanol–water partition coefficient (Wildman–Crippen LogP) is 1.13. The van der Waals surface area contributed by atoms with E-state index in [1.807, 2.05) is 19.9 Å². The second-order valence-corrected chi connectivity index (χ2v) is 7.39. The van der Waals surface area contributed by atoms with Gasteiger partial charge in [0, 0.05) is 22.8 Å². The molecule has 0 aliphatic heterocycles. The first kappa shape index (κ1) is 13.6. The lowest BCUT2D eigenvalue weighted by molar-refractivity contribution is 0.569. The molecule has 1 aromatic heterocycles. The molecule has 0 aliphatic carbocycles. The fourth-order valence-corrected chi connectivity index (χ4v) is 3.16. The van der Waals surface area contributed by atoms with E-state index in [1.165, 1.54) is 10.4 Å². The van der Waals surface area contributed by atoms with Crippen molar-refractivity contribution in [2.75, 3.05) is 6.54 Å². The van der Waals surface area contributed by atoms with Crippen molar-refractivity contribution in [3.05, 3.63) is 21.4 Å². The van der Waals surface area contributed by atoms with Gasteiger partial charge in [0.05, 0.1) is 5.25 Å². The van der Waals surface area contributed by atoms with E-state index in [4.69, 9.17) is 5.73 Å². The molecule has 0 saturated carbocycles. The molecule has 6 heteroatoms.